The highest BCUT2D eigenvalue weighted by molar-refractivity contribution is 5.77. The number of rotatable bonds is 2. The van der Waals surface area contributed by atoms with Crippen molar-refractivity contribution in [3.05, 3.63) is 41.3 Å². The van der Waals surface area contributed by atoms with Crippen molar-refractivity contribution in [1.82, 2.24) is 10.2 Å². The molecule has 1 heterocycles. The van der Waals surface area contributed by atoms with Crippen molar-refractivity contribution in [2.24, 2.45) is 0 Å². The van der Waals surface area contributed by atoms with E-state index in [1.807, 2.05) is 13.0 Å². The Morgan fingerprint density at radius 1 is 1.40 bits per heavy atom. The molecule has 0 radical (unpaired) electrons. The third kappa shape index (κ3) is 1.79. The molecule has 3 nitrogen and oxygen atoms in total. The van der Waals surface area contributed by atoms with Crippen molar-refractivity contribution in [3.63, 3.8) is 0 Å². The average Bonchev–Trinajstić information content (AvgIpc) is 2.65. The lowest BCUT2D eigenvalue weighted by atomic mass is 10.1. The number of nitrogens with zero attached hydrogens (tertiary/aromatic N) is 1. The molecule has 0 bridgehead atoms. The van der Waals surface area contributed by atoms with Crippen molar-refractivity contribution < 1.29 is 9.18 Å². The summed E-state index contributed by atoms with van der Waals surface area (Å²) in [5, 5.41) is 6.78. The van der Waals surface area contributed by atoms with E-state index >= 15 is 0 Å². The van der Waals surface area contributed by atoms with Crippen molar-refractivity contribution in [2.75, 3.05) is 0 Å². The first-order chi connectivity index (χ1) is 7.20. The number of carbonyl (C=O) groups is 1. The van der Waals surface area contributed by atoms with Gasteiger partial charge in [0.1, 0.15) is 5.82 Å². The Morgan fingerprint density at radius 2 is 2.20 bits per heavy atom. The highest BCUT2D eigenvalue weighted by Crippen LogP contribution is 2.19. The van der Waals surface area contributed by atoms with Gasteiger partial charge in [-0.3, -0.25) is 9.89 Å². The highest BCUT2D eigenvalue weighted by atomic mass is 19.1. The van der Waals surface area contributed by atoms with Gasteiger partial charge in [-0.15, -0.1) is 0 Å². The number of hydrogen-bond donors (Lipinski definition) is 1. The van der Waals surface area contributed by atoms with Gasteiger partial charge in [-0.25, -0.2) is 4.39 Å². The van der Waals surface area contributed by atoms with Gasteiger partial charge in [0.15, 0.2) is 6.29 Å². The van der Waals surface area contributed by atoms with E-state index in [2.05, 4.69) is 10.2 Å². The van der Waals surface area contributed by atoms with E-state index in [0.29, 0.717) is 17.5 Å². The Morgan fingerprint density at radius 3 is 2.73 bits per heavy atom. The summed E-state index contributed by atoms with van der Waals surface area (Å²) >= 11 is 0. The van der Waals surface area contributed by atoms with Crippen LogP contribution in [-0.4, -0.2) is 16.5 Å². The van der Waals surface area contributed by atoms with Crippen LogP contribution in [0.25, 0.3) is 11.3 Å². The maximum absolute atomic E-state index is 13.3. The molecule has 1 aromatic carbocycles. The number of aryl methyl sites for hydroxylation is 1. The molecule has 1 aromatic heterocycles. The largest absolute Gasteiger partial charge is 0.298 e. The molecular formula is C11H9FN2O. The van der Waals surface area contributed by atoms with Gasteiger partial charge in [0.25, 0.3) is 0 Å². The van der Waals surface area contributed by atoms with Crippen LogP contribution in [0.5, 0.6) is 0 Å². The Labute approximate surface area is 85.9 Å². The van der Waals surface area contributed by atoms with Crippen LogP contribution in [0.1, 0.15) is 16.1 Å². The molecule has 0 saturated heterocycles. The molecule has 0 atom stereocenters. The lowest BCUT2D eigenvalue weighted by Crippen LogP contribution is -1.88. The molecule has 0 aliphatic rings. The number of H-pyrrole nitrogens is 1. The van der Waals surface area contributed by atoms with Gasteiger partial charge in [0, 0.05) is 11.3 Å². The van der Waals surface area contributed by atoms with Gasteiger partial charge in [-0.2, -0.15) is 5.10 Å². The molecular weight excluding hydrogens is 195 g/mol. The van der Waals surface area contributed by atoms with Crippen molar-refractivity contribution in [1.29, 1.82) is 0 Å². The molecule has 0 amide bonds. The first-order valence-corrected chi connectivity index (χ1v) is 4.48. The normalized spacial score (nSPS) is 10.3. The minimum atomic E-state index is -0.525. The van der Waals surface area contributed by atoms with E-state index in [1.165, 1.54) is 12.1 Å². The smallest absolute Gasteiger partial charge is 0.152 e. The number of benzene rings is 1. The van der Waals surface area contributed by atoms with Crippen molar-refractivity contribution >= 4 is 6.29 Å². The van der Waals surface area contributed by atoms with Gasteiger partial charge in [0.05, 0.1) is 11.3 Å². The summed E-state index contributed by atoms with van der Waals surface area (Å²) in [6.07, 6.45) is 0.495. The lowest BCUT2D eigenvalue weighted by Gasteiger charge is -1.98. The van der Waals surface area contributed by atoms with Crippen molar-refractivity contribution in [2.45, 2.75) is 6.92 Å². The quantitative estimate of drug-likeness (QED) is 0.763. The third-order valence-electron chi connectivity index (χ3n) is 2.13. The Hall–Kier alpha value is -1.97. The van der Waals surface area contributed by atoms with E-state index < -0.39 is 5.82 Å². The minimum absolute atomic E-state index is 0.0611. The Kier molecular flexibility index (Phi) is 2.33. The molecule has 0 aliphatic carbocycles. The topological polar surface area (TPSA) is 45.8 Å². The summed E-state index contributed by atoms with van der Waals surface area (Å²) in [6, 6.07) is 6.23. The fourth-order valence-corrected chi connectivity index (χ4v) is 1.35. The van der Waals surface area contributed by atoms with Crippen LogP contribution in [0.2, 0.25) is 0 Å². The van der Waals surface area contributed by atoms with Crippen molar-refractivity contribution in [3.8, 4) is 11.3 Å². The van der Waals surface area contributed by atoms with Gasteiger partial charge in [-0.1, -0.05) is 6.07 Å². The van der Waals surface area contributed by atoms with Crippen LogP contribution in [0.4, 0.5) is 4.39 Å². The van der Waals surface area contributed by atoms with Gasteiger partial charge in [0.2, 0.25) is 0 Å². The lowest BCUT2D eigenvalue weighted by molar-refractivity contribution is 0.112. The summed E-state index contributed by atoms with van der Waals surface area (Å²) < 4.78 is 13.3. The first kappa shape index (κ1) is 9.58. The number of aromatic amines is 1. The van der Waals surface area contributed by atoms with Crippen LogP contribution < -0.4 is 0 Å². The number of nitrogens with one attached hydrogen (secondary N) is 1. The molecule has 0 unspecified atom stereocenters. The zero-order valence-corrected chi connectivity index (χ0v) is 8.12. The SMILES string of the molecule is Cc1cc(-c2ccc(C=O)c(F)c2)n[nH]1. The number of hydrogen-bond acceptors (Lipinski definition) is 2. The predicted octanol–water partition coefficient (Wildman–Crippen LogP) is 2.34. The van der Waals surface area contributed by atoms with E-state index in [9.17, 15) is 9.18 Å². The van der Waals surface area contributed by atoms with Crippen LogP contribution in [0, 0.1) is 12.7 Å². The maximum Gasteiger partial charge on any atom is 0.152 e. The summed E-state index contributed by atoms with van der Waals surface area (Å²) in [5.74, 6) is -0.525. The molecule has 15 heavy (non-hydrogen) atoms. The van der Waals surface area contributed by atoms with Crippen LogP contribution in [-0.2, 0) is 0 Å². The van der Waals surface area contributed by atoms with E-state index in [1.54, 1.807) is 6.07 Å². The van der Waals surface area contributed by atoms with E-state index in [4.69, 9.17) is 0 Å². The zero-order valence-electron chi connectivity index (χ0n) is 8.12. The third-order valence-corrected chi connectivity index (χ3v) is 2.13. The van der Waals surface area contributed by atoms with Gasteiger partial charge < -0.3 is 0 Å². The minimum Gasteiger partial charge on any atom is -0.298 e. The molecule has 1 N–H and O–H groups in total. The zero-order chi connectivity index (χ0) is 10.8. The molecule has 0 aliphatic heterocycles. The second-order valence-electron chi connectivity index (χ2n) is 3.29. The van der Waals surface area contributed by atoms with Crippen LogP contribution in [0.3, 0.4) is 0 Å². The Bertz CT molecular complexity index is 505. The summed E-state index contributed by atoms with van der Waals surface area (Å²) in [7, 11) is 0. The van der Waals surface area contributed by atoms with Gasteiger partial charge >= 0.3 is 0 Å². The van der Waals surface area contributed by atoms with Crippen LogP contribution >= 0.6 is 0 Å². The number of aromatic nitrogens is 2. The fraction of sp³-hybridized carbons (Fsp3) is 0.0909. The summed E-state index contributed by atoms with van der Waals surface area (Å²) in [5.41, 5.74) is 2.29. The molecule has 0 saturated carbocycles. The molecule has 2 aromatic rings. The fourth-order valence-electron chi connectivity index (χ4n) is 1.35. The molecule has 0 spiro atoms. The monoisotopic (exact) mass is 204 g/mol. The average molecular weight is 204 g/mol. The molecule has 76 valence electrons. The van der Waals surface area contributed by atoms with E-state index in [-0.39, 0.29) is 5.56 Å². The summed E-state index contributed by atoms with van der Waals surface area (Å²) in [4.78, 5) is 10.4. The molecule has 0 fully saturated rings. The predicted molar refractivity (Wildman–Crippen MR) is 54.1 cm³/mol. The molecule has 4 heteroatoms. The Balaban J connectivity index is 2.46. The highest BCUT2D eigenvalue weighted by Gasteiger charge is 2.06. The van der Waals surface area contributed by atoms with Gasteiger partial charge in [-0.05, 0) is 25.1 Å². The maximum atomic E-state index is 13.3. The number of carbonyl (C=O) groups excluding carboxylic acids is 1. The molecule has 2 rings (SSSR count). The second-order valence-corrected chi connectivity index (χ2v) is 3.29. The standard InChI is InChI=1S/C11H9FN2O/c1-7-4-11(14-13-7)8-2-3-9(6-15)10(12)5-8/h2-6H,1H3,(H,13,14). The number of aldehydes is 1. The second kappa shape index (κ2) is 3.65. The first-order valence-electron chi connectivity index (χ1n) is 4.48. The summed E-state index contributed by atoms with van der Waals surface area (Å²) in [6.45, 7) is 1.87. The number of halogens is 1. The van der Waals surface area contributed by atoms with Crippen LogP contribution in [0.15, 0.2) is 24.3 Å². The van der Waals surface area contributed by atoms with E-state index in [0.717, 1.165) is 5.69 Å².